The van der Waals surface area contributed by atoms with E-state index in [9.17, 15) is 9.59 Å². The van der Waals surface area contributed by atoms with Gasteiger partial charge in [-0.05, 0) is 25.0 Å². The molecule has 0 aromatic carbocycles. The predicted molar refractivity (Wildman–Crippen MR) is 89.5 cm³/mol. The van der Waals surface area contributed by atoms with E-state index in [0.29, 0.717) is 36.0 Å². The van der Waals surface area contributed by atoms with Gasteiger partial charge in [0.2, 0.25) is 11.8 Å². The van der Waals surface area contributed by atoms with E-state index in [1.807, 2.05) is 0 Å². The topological polar surface area (TPSA) is 75.4 Å². The van der Waals surface area contributed by atoms with Crippen LogP contribution in [-0.4, -0.2) is 42.4 Å². The third kappa shape index (κ3) is 5.83. The number of nitrogens with zero attached hydrogens (tertiary/aromatic N) is 1. The van der Waals surface area contributed by atoms with Gasteiger partial charge in [-0.15, -0.1) is 0 Å². The minimum atomic E-state index is -0.422. The zero-order valence-corrected chi connectivity index (χ0v) is 13.9. The molecule has 0 aliphatic carbocycles. The van der Waals surface area contributed by atoms with E-state index < -0.39 is 6.04 Å². The minimum Gasteiger partial charge on any atom is -0.354 e. The smallest absolute Gasteiger partial charge is 0.242 e. The van der Waals surface area contributed by atoms with Gasteiger partial charge in [0.1, 0.15) is 6.04 Å². The van der Waals surface area contributed by atoms with E-state index in [-0.39, 0.29) is 18.4 Å². The van der Waals surface area contributed by atoms with Crippen LogP contribution in [0.4, 0.5) is 0 Å². The molecule has 1 rings (SSSR count). The fourth-order valence-corrected chi connectivity index (χ4v) is 2.42. The number of hydrogen-bond donors (Lipinski definition) is 2. The summed E-state index contributed by atoms with van der Waals surface area (Å²) in [6.07, 6.45) is 6.78. The molecule has 1 fully saturated rings. The fraction of sp³-hybridized carbons (Fsp3) is 0.467. The Hall–Kier alpha value is -1.30. The molecule has 0 spiro atoms. The minimum absolute atomic E-state index is 0.0747. The monoisotopic (exact) mass is 345 g/mol. The molecule has 0 radical (unpaired) electrons. The third-order valence-electron chi connectivity index (χ3n) is 3.33. The standard InChI is InChI=1S/C15H21Cl2N3O2/c1-2-11(16)5-6-12(17)7-8-19-15(22)13-4-3-9-20(13)14(21)10-18/h2,5-6,13H,1,3-4,7-10,18H2,(H,19,22)/b11-5+,12-6+/t13-/m0/s1. The van der Waals surface area contributed by atoms with E-state index in [4.69, 9.17) is 28.9 Å². The molecule has 1 aliphatic rings. The molecule has 3 N–H and O–H groups in total. The first-order valence-corrected chi connectivity index (χ1v) is 7.86. The summed E-state index contributed by atoms with van der Waals surface area (Å²) in [6.45, 7) is 4.43. The van der Waals surface area contributed by atoms with Crippen molar-refractivity contribution in [1.82, 2.24) is 10.2 Å². The number of nitrogens with two attached hydrogens (primary N) is 1. The number of carbonyl (C=O) groups is 2. The maximum atomic E-state index is 12.1. The largest absolute Gasteiger partial charge is 0.354 e. The molecule has 1 heterocycles. The molecule has 1 saturated heterocycles. The molecule has 7 heteroatoms. The second-order valence-electron chi connectivity index (χ2n) is 4.86. The highest BCUT2D eigenvalue weighted by molar-refractivity contribution is 6.32. The normalized spacial score (nSPS) is 19.2. The fourth-order valence-electron chi connectivity index (χ4n) is 2.20. The second kappa shape index (κ2) is 9.66. The highest BCUT2D eigenvalue weighted by atomic mass is 35.5. The van der Waals surface area contributed by atoms with Crippen molar-refractivity contribution in [2.24, 2.45) is 5.73 Å². The van der Waals surface area contributed by atoms with Crippen LogP contribution in [0, 0.1) is 0 Å². The summed E-state index contributed by atoms with van der Waals surface area (Å²) in [5, 5.41) is 3.85. The molecule has 0 aromatic rings. The molecule has 1 aliphatic heterocycles. The average Bonchev–Trinajstić information content (AvgIpc) is 3.01. The maximum absolute atomic E-state index is 12.1. The zero-order valence-electron chi connectivity index (χ0n) is 12.4. The van der Waals surface area contributed by atoms with Gasteiger partial charge in [0.15, 0.2) is 0 Å². The summed E-state index contributed by atoms with van der Waals surface area (Å²) in [4.78, 5) is 25.3. The number of rotatable bonds is 7. The van der Waals surface area contributed by atoms with E-state index in [1.54, 1.807) is 17.1 Å². The van der Waals surface area contributed by atoms with E-state index in [2.05, 4.69) is 11.9 Å². The lowest BCUT2D eigenvalue weighted by Crippen LogP contribution is -2.47. The Morgan fingerprint density at radius 3 is 2.73 bits per heavy atom. The van der Waals surface area contributed by atoms with Gasteiger partial charge in [0, 0.05) is 29.6 Å². The molecule has 0 bridgehead atoms. The quantitative estimate of drug-likeness (QED) is 0.691. The van der Waals surface area contributed by atoms with E-state index >= 15 is 0 Å². The first kappa shape index (κ1) is 18.7. The second-order valence-corrected chi connectivity index (χ2v) is 5.78. The zero-order chi connectivity index (χ0) is 16.5. The van der Waals surface area contributed by atoms with Crippen molar-refractivity contribution in [1.29, 1.82) is 0 Å². The Morgan fingerprint density at radius 2 is 2.09 bits per heavy atom. The van der Waals surface area contributed by atoms with E-state index in [1.165, 1.54) is 6.08 Å². The predicted octanol–water partition coefficient (Wildman–Crippen LogP) is 1.87. The number of likely N-dealkylation sites (tertiary alicyclic amines) is 1. The van der Waals surface area contributed by atoms with Crippen molar-refractivity contribution in [3.8, 4) is 0 Å². The highest BCUT2D eigenvalue weighted by Crippen LogP contribution is 2.17. The molecule has 0 aromatic heterocycles. The SMILES string of the molecule is C=C/C(Cl)=C\C=C(\Cl)CCNC(=O)[C@@H]1CCCN1C(=O)CN. The van der Waals surface area contributed by atoms with Crippen LogP contribution in [0.3, 0.4) is 0 Å². The molecule has 2 amide bonds. The number of allylic oxidation sites excluding steroid dienone is 4. The van der Waals surface area contributed by atoms with Crippen molar-refractivity contribution in [2.75, 3.05) is 19.6 Å². The first-order chi connectivity index (χ1) is 10.5. The van der Waals surface area contributed by atoms with Crippen molar-refractivity contribution in [2.45, 2.75) is 25.3 Å². The Morgan fingerprint density at radius 1 is 1.36 bits per heavy atom. The molecule has 1 atom stereocenters. The van der Waals surface area contributed by atoms with Gasteiger partial charge in [-0.2, -0.15) is 0 Å². The van der Waals surface area contributed by atoms with Gasteiger partial charge >= 0.3 is 0 Å². The van der Waals surface area contributed by atoms with Crippen molar-refractivity contribution >= 4 is 35.0 Å². The lowest BCUT2D eigenvalue weighted by atomic mass is 10.2. The van der Waals surface area contributed by atoms with Crippen molar-refractivity contribution in [3.63, 3.8) is 0 Å². The molecule has 0 unspecified atom stereocenters. The summed E-state index contributed by atoms with van der Waals surface area (Å²) >= 11 is 11.8. The summed E-state index contributed by atoms with van der Waals surface area (Å²) in [7, 11) is 0. The average molecular weight is 346 g/mol. The number of carbonyl (C=O) groups excluding carboxylic acids is 2. The molecule has 122 valence electrons. The molecular weight excluding hydrogens is 325 g/mol. The van der Waals surface area contributed by atoms with Gasteiger partial charge in [0.25, 0.3) is 0 Å². The Kier molecular flexibility index (Phi) is 8.24. The van der Waals surface area contributed by atoms with Gasteiger partial charge in [0.05, 0.1) is 6.54 Å². The van der Waals surface area contributed by atoms with Crippen LogP contribution in [0.15, 0.2) is 34.9 Å². The van der Waals surface area contributed by atoms with Crippen LogP contribution < -0.4 is 11.1 Å². The Bertz CT molecular complexity index is 489. The van der Waals surface area contributed by atoms with Gasteiger partial charge in [-0.1, -0.05) is 35.9 Å². The van der Waals surface area contributed by atoms with Crippen LogP contribution in [-0.2, 0) is 9.59 Å². The first-order valence-electron chi connectivity index (χ1n) is 7.11. The lowest BCUT2D eigenvalue weighted by Gasteiger charge is -2.23. The number of amides is 2. The number of halogens is 2. The van der Waals surface area contributed by atoms with Crippen molar-refractivity contribution in [3.05, 3.63) is 34.9 Å². The number of hydrogen-bond acceptors (Lipinski definition) is 3. The summed E-state index contributed by atoms with van der Waals surface area (Å²) < 4.78 is 0. The van der Waals surface area contributed by atoms with Crippen molar-refractivity contribution < 1.29 is 9.59 Å². The number of nitrogens with one attached hydrogen (secondary N) is 1. The van der Waals surface area contributed by atoms with Crippen LogP contribution in [0.25, 0.3) is 0 Å². The van der Waals surface area contributed by atoms with Crippen LogP contribution in [0.5, 0.6) is 0 Å². The highest BCUT2D eigenvalue weighted by Gasteiger charge is 2.32. The van der Waals surface area contributed by atoms with Crippen LogP contribution in [0.2, 0.25) is 0 Å². The molecule has 5 nitrogen and oxygen atoms in total. The molecule has 22 heavy (non-hydrogen) atoms. The summed E-state index contributed by atoms with van der Waals surface area (Å²) in [5.41, 5.74) is 5.35. The van der Waals surface area contributed by atoms with Crippen LogP contribution >= 0.6 is 23.2 Å². The Labute approximate surface area is 140 Å². The summed E-state index contributed by atoms with van der Waals surface area (Å²) in [6, 6.07) is -0.422. The Balaban J connectivity index is 2.43. The maximum Gasteiger partial charge on any atom is 0.242 e. The van der Waals surface area contributed by atoms with E-state index in [0.717, 1.165) is 6.42 Å². The van der Waals surface area contributed by atoms with Gasteiger partial charge in [-0.3, -0.25) is 9.59 Å². The summed E-state index contributed by atoms with van der Waals surface area (Å²) in [5.74, 6) is -0.358. The lowest BCUT2D eigenvalue weighted by molar-refractivity contribution is -0.137. The van der Waals surface area contributed by atoms with Crippen LogP contribution in [0.1, 0.15) is 19.3 Å². The molecule has 0 saturated carbocycles. The van der Waals surface area contributed by atoms with Gasteiger partial charge < -0.3 is 16.0 Å². The third-order valence-corrected chi connectivity index (χ3v) is 3.93. The molecular formula is C15H21Cl2N3O2. The van der Waals surface area contributed by atoms with Gasteiger partial charge in [-0.25, -0.2) is 0 Å².